The molecule has 5 nitrogen and oxygen atoms in total. The maximum atomic E-state index is 12.0. The van der Waals surface area contributed by atoms with Gasteiger partial charge in [0.1, 0.15) is 12.4 Å². The lowest BCUT2D eigenvalue weighted by atomic mass is 9.96. The standard InChI is InChI=1S/C15H19NO4/c1-19-14(17)7-4-8-16-15(18)12-9-11-5-2-3-6-13(11)20-10-12/h2-3,5-6,12H,4,7-10H2,1H3,(H,16,18). The molecule has 1 N–H and O–H groups in total. The van der Waals surface area contributed by atoms with Crippen molar-refractivity contribution < 1.29 is 19.1 Å². The minimum Gasteiger partial charge on any atom is -0.492 e. The van der Waals surface area contributed by atoms with E-state index in [2.05, 4.69) is 10.1 Å². The molecular weight excluding hydrogens is 258 g/mol. The summed E-state index contributed by atoms with van der Waals surface area (Å²) in [4.78, 5) is 23.0. The van der Waals surface area contributed by atoms with Crippen LogP contribution in [0, 0.1) is 5.92 Å². The van der Waals surface area contributed by atoms with Crippen molar-refractivity contribution in [2.45, 2.75) is 19.3 Å². The van der Waals surface area contributed by atoms with Crippen LogP contribution in [0.2, 0.25) is 0 Å². The van der Waals surface area contributed by atoms with E-state index in [9.17, 15) is 9.59 Å². The number of para-hydroxylation sites is 1. The summed E-state index contributed by atoms with van der Waals surface area (Å²) >= 11 is 0. The number of nitrogens with one attached hydrogen (secondary N) is 1. The summed E-state index contributed by atoms with van der Waals surface area (Å²) in [5, 5.41) is 2.84. The van der Waals surface area contributed by atoms with E-state index in [0.29, 0.717) is 32.4 Å². The Morgan fingerprint density at radius 2 is 2.20 bits per heavy atom. The molecule has 1 amide bonds. The Morgan fingerprint density at radius 3 is 3.00 bits per heavy atom. The number of esters is 1. The molecule has 20 heavy (non-hydrogen) atoms. The third-order valence-electron chi connectivity index (χ3n) is 3.33. The summed E-state index contributed by atoms with van der Waals surface area (Å²) in [5.41, 5.74) is 1.06. The fraction of sp³-hybridized carbons (Fsp3) is 0.467. The minimum atomic E-state index is -0.255. The Balaban J connectivity index is 1.76. The van der Waals surface area contributed by atoms with E-state index in [1.807, 2.05) is 24.3 Å². The van der Waals surface area contributed by atoms with Crippen LogP contribution in [0.1, 0.15) is 18.4 Å². The molecule has 1 heterocycles. The van der Waals surface area contributed by atoms with Gasteiger partial charge in [0.2, 0.25) is 5.91 Å². The lowest BCUT2D eigenvalue weighted by Crippen LogP contribution is -2.37. The summed E-state index contributed by atoms with van der Waals surface area (Å²) in [6.45, 7) is 0.881. The van der Waals surface area contributed by atoms with Gasteiger partial charge in [0.25, 0.3) is 0 Å². The molecule has 0 spiro atoms. The number of carbonyl (C=O) groups excluding carboxylic acids is 2. The monoisotopic (exact) mass is 277 g/mol. The van der Waals surface area contributed by atoms with Crippen molar-refractivity contribution in [3.05, 3.63) is 29.8 Å². The molecule has 0 radical (unpaired) electrons. The molecule has 1 aromatic rings. The molecular formula is C15H19NO4. The van der Waals surface area contributed by atoms with E-state index < -0.39 is 0 Å². The maximum Gasteiger partial charge on any atom is 0.305 e. The third kappa shape index (κ3) is 3.73. The number of benzene rings is 1. The number of hydrogen-bond acceptors (Lipinski definition) is 4. The highest BCUT2D eigenvalue weighted by Gasteiger charge is 2.25. The average Bonchev–Trinajstić information content (AvgIpc) is 2.50. The number of methoxy groups -OCH3 is 1. The first-order valence-corrected chi connectivity index (χ1v) is 6.76. The Bertz CT molecular complexity index is 487. The van der Waals surface area contributed by atoms with Crippen molar-refractivity contribution in [3.63, 3.8) is 0 Å². The highest BCUT2D eigenvalue weighted by Crippen LogP contribution is 2.26. The van der Waals surface area contributed by atoms with Crippen LogP contribution in [0.15, 0.2) is 24.3 Å². The zero-order valence-corrected chi connectivity index (χ0v) is 11.6. The van der Waals surface area contributed by atoms with Gasteiger partial charge in [0.15, 0.2) is 0 Å². The molecule has 0 aliphatic carbocycles. The average molecular weight is 277 g/mol. The Kier molecular flexibility index (Phi) is 4.98. The van der Waals surface area contributed by atoms with Crippen molar-refractivity contribution in [2.75, 3.05) is 20.3 Å². The molecule has 0 aromatic heterocycles. The second-order valence-corrected chi connectivity index (χ2v) is 4.79. The fourth-order valence-corrected chi connectivity index (χ4v) is 2.19. The van der Waals surface area contributed by atoms with Gasteiger partial charge in [-0.1, -0.05) is 18.2 Å². The maximum absolute atomic E-state index is 12.0. The van der Waals surface area contributed by atoms with Gasteiger partial charge in [0.05, 0.1) is 13.0 Å². The molecule has 1 aromatic carbocycles. The van der Waals surface area contributed by atoms with E-state index in [0.717, 1.165) is 11.3 Å². The molecule has 5 heteroatoms. The lowest BCUT2D eigenvalue weighted by molar-refractivity contribution is -0.140. The summed E-state index contributed by atoms with van der Waals surface area (Å²) in [5.74, 6) is 0.420. The van der Waals surface area contributed by atoms with E-state index in [1.54, 1.807) is 0 Å². The van der Waals surface area contributed by atoms with Gasteiger partial charge in [-0.25, -0.2) is 0 Å². The van der Waals surface area contributed by atoms with Crippen molar-refractivity contribution >= 4 is 11.9 Å². The van der Waals surface area contributed by atoms with Crippen LogP contribution in [0.5, 0.6) is 5.75 Å². The van der Waals surface area contributed by atoms with Crippen LogP contribution < -0.4 is 10.1 Å². The zero-order valence-electron chi connectivity index (χ0n) is 11.6. The Morgan fingerprint density at radius 1 is 1.40 bits per heavy atom. The largest absolute Gasteiger partial charge is 0.492 e. The summed E-state index contributed by atoms with van der Waals surface area (Å²) in [6, 6.07) is 7.76. The number of hydrogen-bond donors (Lipinski definition) is 1. The summed E-state index contributed by atoms with van der Waals surface area (Å²) < 4.78 is 10.1. The molecule has 1 aliphatic rings. The van der Waals surface area contributed by atoms with Crippen LogP contribution in [0.4, 0.5) is 0 Å². The Labute approximate surface area is 118 Å². The summed E-state index contributed by atoms with van der Waals surface area (Å²) in [6.07, 6.45) is 1.60. The highest BCUT2D eigenvalue weighted by molar-refractivity contribution is 5.79. The quantitative estimate of drug-likeness (QED) is 0.651. The van der Waals surface area contributed by atoms with Gasteiger partial charge in [-0.2, -0.15) is 0 Å². The topological polar surface area (TPSA) is 64.6 Å². The van der Waals surface area contributed by atoms with Gasteiger partial charge in [-0.05, 0) is 24.5 Å². The number of rotatable bonds is 5. The number of amides is 1. The van der Waals surface area contributed by atoms with Crippen LogP contribution in [-0.4, -0.2) is 32.1 Å². The predicted octanol–water partition coefficient (Wildman–Crippen LogP) is 1.31. The van der Waals surface area contributed by atoms with E-state index in [1.165, 1.54) is 7.11 Å². The summed E-state index contributed by atoms with van der Waals surface area (Å²) in [7, 11) is 1.36. The van der Waals surface area contributed by atoms with Crippen LogP contribution in [0.3, 0.4) is 0 Å². The fourth-order valence-electron chi connectivity index (χ4n) is 2.19. The first-order chi connectivity index (χ1) is 9.70. The molecule has 1 atom stereocenters. The van der Waals surface area contributed by atoms with Crippen LogP contribution in [-0.2, 0) is 20.7 Å². The second kappa shape index (κ2) is 6.93. The van der Waals surface area contributed by atoms with E-state index in [4.69, 9.17) is 4.74 Å². The number of ether oxygens (including phenoxy) is 2. The molecule has 0 bridgehead atoms. The van der Waals surface area contributed by atoms with Gasteiger partial charge in [0, 0.05) is 13.0 Å². The smallest absolute Gasteiger partial charge is 0.305 e. The molecule has 1 unspecified atom stereocenters. The molecule has 108 valence electrons. The van der Waals surface area contributed by atoms with Gasteiger partial charge in [-0.3, -0.25) is 9.59 Å². The van der Waals surface area contributed by atoms with Crippen LogP contribution >= 0.6 is 0 Å². The number of fused-ring (bicyclic) bond motifs is 1. The third-order valence-corrected chi connectivity index (χ3v) is 3.33. The van der Waals surface area contributed by atoms with Crippen molar-refractivity contribution in [3.8, 4) is 5.75 Å². The predicted molar refractivity (Wildman–Crippen MR) is 73.4 cm³/mol. The first-order valence-electron chi connectivity index (χ1n) is 6.76. The molecule has 0 saturated carbocycles. The van der Waals surface area contributed by atoms with Gasteiger partial charge < -0.3 is 14.8 Å². The molecule has 1 aliphatic heterocycles. The first kappa shape index (κ1) is 14.4. The van der Waals surface area contributed by atoms with Crippen molar-refractivity contribution in [1.29, 1.82) is 0 Å². The SMILES string of the molecule is COC(=O)CCCNC(=O)C1COc2ccccc2C1. The van der Waals surface area contributed by atoms with E-state index >= 15 is 0 Å². The Hall–Kier alpha value is -2.04. The second-order valence-electron chi connectivity index (χ2n) is 4.79. The minimum absolute atomic E-state index is 0.0237. The van der Waals surface area contributed by atoms with Gasteiger partial charge >= 0.3 is 5.97 Å². The normalized spacial score (nSPS) is 16.8. The lowest BCUT2D eigenvalue weighted by Gasteiger charge is -2.24. The van der Waals surface area contributed by atoms with Crippen molar-refractivity contribution in [1.82, 2.24) is 5.32 Å². The van der Waals surface area contributed by atoms with Gasteiger partial charge in [-0.15, -0.1) is 0 Å². The number of carbonyl (C=O) groups is 2. The molecule has 0 fully saturated rings. The van der Waals surface area contributed by atoms with Crippen molar-refractivity contribution in [2.24, 2.45) is 5.92 Å². The zero-order chi connectivity index (χ0) is 14.4. The molecule has 0 saturated heterocycles. The molecule has 2 rings (SSSR count). The van der Waals surface area contributed by atoms with E-state index in [-0.39, 0.29) is 17.8 Å². The van der Waals surface area contributed by atoms with Crippen LogP contribution in [0.25, 0.3) is 0 Å². The highest BCUT2D eigenvalue weighted by atomic mass is 16.5.